The highest BCUT2D eigenvalue weighted by molar-refractivity contribution is 6.35. The molecule has 0 radical (unpaired) electrons. The number of hydrogen-bond acceptors (Lipinski definition) is 5. The van der Waals surface area contributed by atoms with Crippen LogP contribution in [0.2, 0.25) is 10.0 Å². The number of nitrogens with zero attached hydrogens (tertiary/aromatic N) is 1. The highest BCUT2D eigenvalue weighted by Gasteiger charge is 2.17. The number of ether oxygens (including phenoxy) is 1. The highest BCUT2D eigenvalue weighted by atomic mass is 35.5. The number of benzene rings is 2. The first kappa shape index (κ1) is 17.0. The zero-order valence-electron chi connectivity index (χ0n) is 11.6. The lowest BCUT2D eigenvalue weighted by molar-refractivity contribution is -0.384. The van der Waals surface area contributed by atoms with Crippen LogP contribution in [0.4, 0.5) is 5.69 Å². The van der Waals surface area contributed by atoms with Gasteiger partial charge in [-0.1, -0.05) is 29.3 Å². The first-order valence-corrected chi connectivity index (χ1v) is 7.04. The number of nitrogens with two attached hydrogens (primary N) is 1. The zero-order chi connectivity index (χ0) is 17.0. The van der Waals surface area contributed by atoms with Gasteiger partial charge in [0.1, 0.15) is 12.4 Å². The van der Waals surface area contributed by atoms with E-state index in [-0.39, 0.29) is 23.6 Å². The number of carbonyl (C=O) groups is 1. The molecule has 0 aromatic heterocycles. The fourth-order valence-electron chi connectivity index (χ4n) is 1.81. The third kappa shape index (κ3) is 4.10. The molecule has 2 rings (SSSR count). The van der Waals surface area contributed by atoms with E-state index < -0.39 is 10.8 Å². The van der Waals surface area contributed by atoms with E-state index in [4.69, 9.17) is 33.8 Å². The second-order valence-corrected chi connectivity index (χ2v) is 5.28. The Morgan fingerprint density at radius 3 is 2.61 bits per heavy atom. The van der Waals surface area contributed by atoms with Crippen LogP contribution in [-0.4, -0.2) is 10.8 Å². The van der Waals surface area contributed by atoms with Gasteiger partial charge in [-0.15, -0.1) is 0 Å². The fraction of sp³-hybridized carbons (Fsp3) is 0.0714. The lowest BCUT2D eigenvalue weighted by Crippen LogP contribution is -2.30. The zero-order valence-corrected chi connectivity index (χ0v) is 13.1. The van der Waals surface area contributed by atoms with Crippen LogP contribution in [-0.2, 0) is 6.61 Å². The lowest BCUT2D eigenvalue weighted by Gasteiger charge is -2.11. The summed E-state index contributed by atoms with van der Waals surface area (Å²) in [5, 5.41) is 11.7. The Morgan fingerprint density at radius 2 is 2.00 bits per heavy atom. The van der Waals surface area contributed by atoms with Gasteiger partial charge in [0.2, 0.25) is 0 Å². The number of amides is 1. The molecule has 0 spiro atoms. The van der Waals surface area contributed by atoms with Gasteiger partial charge in [-0.25, -0.2) is 5.84 Å². The van der Waals surface area contributed by atoms with Gasteiger partial charge in [0.05, 0.1) is 10.5 Å². The summed E-state index contributed by atoms with van der Waals surface area (Å²) >= 11 is 11.8. The second kappa shape index (κ2) is 7.28. The van der Waals surface area contributed by atoms with Gasteiger partial charge in [-0.05, 0) is 18.2 Å². The molecule has 2 aromatic rings. The van der Waals surface area contributed by atoms with E-state index in [9.17, 15) is 14.9 Å². The van der Waals surface area contributed by atoms with E-state index >= 15 is 0 Å². The average Bonchev–Trinajstić information content (AvgIpc) is 2.53. The Hall–Kier alpha value is -2.35. The summed E-state index contributed by atoms with van der Waals surface area (Å²) < 4.78 is 5.54. The van der Waals surface area contributed by atoms with Crippen molar-refractivity contribution in [3.8, 4) is 5.75 Å². The maximum absolute atomic E-state index is 11.7. The summed E-state index contributed by atoms with van der Waals surface area (Å²) in [5.74, 6) is 4.53. The van der Waals surface area contributed by atoms with E-state index in [1.165, 1.54) is 12.1 Å². The number of non-ortho nitro benzene ring substituents is 1. The minimum atomic E-state index is -0.703. The van der Waals surface area contributed by atoms with Crippen LogP contribution in [0, 0.1) is 10.1 Å². The number of hydrogen-bond donors (Lipinski definition) is 2. The van der Waals surface area contributed by atoms with Gasteiger partial charge in [0.25, 0.3) is 11.6 Å². The molecule has 120 valence electrons. The molecule has 0 saturated heterocycles. The van der Waals surface area contributed by atoms with E-state index in [2.05, 4.69) is 0 Å². The Labute approximate surface area is 141 Å². The molecule has 2 aromatic carbocycles. The topological polar surface area (TPSA) is 107 Å². The van der Waals surface area contributed by atoms with Gasteiger partial charge in [-0.3, -0.25) is 20.3 Å². The lowest BCUT2D eigenvalue weighted by atomic mass is 10.1. The van der Waals surface area contributed by atoms with Gasteiger partial charge < -0.3 is 4.74 Å². The van der Waals surface area contributed by atoms with E-state index in [1.54, 1.807) is 18.2 Å². The molecule has 0 atom stereocenters. The van der Waals surface area contributed by atoms with Gasteiger partial charge in [0, 0.05) is 27.7 Å². The van der Waals surface area contributed by atoms with E-state index in [0.717, 1.165) is 6.07 Å². The van der Waals surface area contributed by atoms with Gasteiger partial charge >= 0.3 is 0 Å². The third-order valence-corrected chi connectivity index (χ3v) is 3.53. The summed E-state index contributed by atoms with van der Waals surface area (Å²) in [6.07, 6.45) is 0. The Balaban J connectivity index is 2.28. The van der Waals surface area contributed by atoms with Crippen molar-refractivity contribution < 1.29 is 14.5 Å². The van der Waals surface area contributed by atoms with Crippen LogP contribution in [0.15, 0.2) is 36.4 Å². The quantitative estimate of drug-likeness (QED) is 0.370. The van der Waals surface area contributed by atoms with Crippen molar-refractivity contribution in [3.05, 3.63) is 67.7 Å². The molecule has 3 N–H and O–H groups in total. The number of nitrogens with one attached hydrogen (secondary N) is 1. The first-order chi connectivity index (χ1) is 10.9. The van der Waals surface area contributed by atoms with Crippen molar-refractivity contribution in [3.63, 3.8) is 0 Å². The predicted molar refractivity (Wildman–Crippen MR) is 85.5 cm³/mol. The number of nitro benzene ring substituents is 1. The Bertz CT molecular complexity index is 768. The van der Waals surface area contributed by atoms with E-state index in [1.807, 2.05) is 5.43 Å². The Kier molecular flexibility index (Phi) is 5.38. The summed E-state index contributed by atoms with van der Waals surface area (Å²) in [4.78, 5) is 21.9. The molecular weight excluding hydrogens is 345 g/mol. The van der Waals surface area contributed by atoms with Crippen molar-refractivity contribution >= 4 is 34.8 Å². The van der Waals surface area contributed by atoms with Crippen molar-refractivity contribution in [2.24, 2.45) is 5.84 Å². The molecule has 23 heavy (non-hydrogen) atoms. The number of nitrogen functional groups attached to an aromatic ring is 1. The summed E-state index contributed by atoms with van der Waals surface area (Å²) in [6.45, 7) is 0.0542. The molecule has 0 aliphatic carbocycles. The number of halogens is 2. The standard InChI is InChI=1S/C14H11Cl2N3O4/c15-9-2-1-8(12(16)5-9)7-23-13-4-3-10(19(21)22)6-11(13)14(20)18-17/h1-6H,7,17H2,(H,18,20). The SMILES string of the molecule is NNC(=O)c1cc([N+](=O)[O-])ccc1OCc1ccc(Cl)cc1Cl. The van der Waals surface area contributed by atoms with Crippen LogP contribution < -0.4 is 16.0 Å². The minimum Gasteiger partial charge on any atom is -0.488 e. The molecule has 0 aliphatic heterocycles. The first-order valence-electron chi connectivity index (χ1n) is 6.28. The van der Waals surface area contributed by atoms with Crippen molar-refractivity contribution in [2.75, 3.05) is 0 Å². The molecule has 0 aliphatic rings. The van der Waals surface area contributed by atoms with Crippen molar-refractivity contribution in [2.45, 2.75) is 6.61 Å². The van der Waals surface area contributed by atoms with Crippen LogP contribution in [0.5, 0.6) is 5.75 Å². The average molecular weight is 356 g/mol. The molecule has 7 nitrogen and oxygen atoms in total. The van der Waals surface area contributed by atoms with Crippen LogP contribution in [0.1, 0.15) is 15.9 Å². The minimum absolute atomic E-state index is 0.0493. The normalized spacial score (nSPS) is 10.2. The van der Waals surface area contributed by atoms with Crippen LogP contribution in [0.25, 0.3) is 0 Å². The maximum atomic E-state index is 11.7. The molecule has 0 unspecified atom stereocenters. The number of carbonyl (C=O) groups excluding carboxylic acids is 1. The van der Waals surface area contributed by atoms with Crippen LogP contribution in [0.3, 0.4) is 0 Å². The summed E-state index contributed by atoms with van der Waals surface area (Å²) in [5.41, 5.74) is 2.27. The smallest absolute Gasteiger partial charge is 0.270 e. The second-order valence-electron chi connectivity index (χ2n) is 4.44. The van der Waals surface area contributed by atoms with E-state index in [0.29, 0.717) is 15.6 Å². The molecule has 0 fully saturated rings. The number of rotatable bonds is 5. The molecular formula is C14H11Cl2N3O4. The number of hydrazine groups is 1. The molecule has 0 saturated carbocycles. The fourth-order valence-corrected chi connectivity index (χ4v) is 2.27. The number of nitro groups is 1. The summed E-state index contributed by atoms with van der Waals surface area (Å²) in [7, 11) is 0. The van der Waals surface area contributed by atoms with Gasteiger partial charge in [-0.2, -0.15) is 0 Å². The van der Waals surface area contributed by atoms with Gasteiger partial charge in [0.15, 0.2) is 0 Å². The van der Waals surface area contributed by atoms with Crippen LogP contribution >= 0.6 is 23.2 Å². The molecule has 0 heterocycles. The molecule has 0 bridgehead atoms. The third-order valence-electron chi connectivity index (χ3n) is 2.95. The molecule has 1 amide bonds. The maximum Gasteiger partial charge on any atom is 0.270 e. The Morgan fingerprint density at radius 1 is 1.26 bits per heavy atom. The van der Waals surface area contributed by atoms with Crippen molar-refractivity contribution in [1.82, 2.24) is 5.43 Å². The monoisotopic (exact) mass is 355 g/mol. The highest BCUT2D eigenvalue weighted by Crippen LogP contribution is 2.27. The molecule has 9 heteroatoms. The van der Waals surface area contributed by atoms with Crippen molar-refractivity contribution in [1.29, 1.82) is 0 Å². The largest absolute Gasteiger partial charge is 0.488 e. The predicted octanol–water partition coefficient (Wildman–Crippen LogP) is 3.08. The summed E-state index contributed by atoms with van der Waals surface area (Å²) in [6, 6.07) is 8.53.